The molecule has 7 unspecified atom stereocenters. The van der Waals surface area contributed by atoms with Gasteiger partial charge in [-0.1, -0.05) is 19.9 Å². The van der Waals surface area contributed by atoms with E-state index in [9.17, 15) is 9.90 Å². The molecule has 2 bridgehead atoms. The highest BCUT2D eigenvalue weighted by atomic mass is 16.7. The van der Waals surface area contributed by atoms with Crippen molar-refractivity contribution in [3.8, 4) is 0 Å². The molecule has 1 saturated carbocycles. The maximum absolute atomic E-state index is 11.5. The SMILES string of the molecule is CC(=O)OC1CC2(C)C3(C)CC(O)C(C)=CC3OC1C21CO1. The quantitative estimate of drug-likeness (QED) is 0.452. The first-order chi connectivity index (χ1) is 10.2. The van der Waals surface area contributed by atoms with Gasteiger partial charge in [0.15, 0.2) is 0 Å². The van der Waals surface area contributed by atoms with Crippen LogP contribution in [-0.4, -0.2) is 47.7 Å². The summed E-state index contributed by atoms with van der Waals surface area (Å²) < 4.78 is 17.8. The number of rotatable bonds is 1. The van der Waals surface area contributed by atoms with Crippen LogP contribution >= 0.6 is 0 Å². The minimum atomic E-state index is -0.443. The maximum atomic E-state index is 11.5. The largest absolute Gasteiger partial charge is 0.460 e. The summed E-state index contributed by atoms with van der Waals surface area (Å²) in [7, 11) is 0. The molecule has 5 nitrogen and oxygen atoms in total. The minimum absolute atomic E-state index is 0.0683. The molecule has 22 heavy (non-hydrogen) atoms. The Hall–Kier alpha value is -0.910. The molecule has 2 aliphatic heterocycles. The highest BCUT2D eigenvalue weighted by Gasteiger charge is 2.80. The number of carbonyl (C=O) groups excluding carboxylic acids is 1. The van der Waals surface area contributed by atoms with E-state index in [0.29, 0.717) is 13.0 Å². The Morgan fingerprint density at radius 1 is 1.41 bits per heavy atom. The Bertz CT molecular complexity index is 565. The standard InChI is InChI=1S/C17H24O5/c1-9-5-13-15(3,6-11(9)19)16(4)7-12(21-10(2)18)14(22-13)17(16)8-20-17/h5,11-14,19H,6-8H2,1-4H3. The van der Waals surface area contributed by atoms with Crippen LogP contribution in [0.2, 0.25) is 0 Å². The van der Waals surface area contributed by atoms with Crippen LogP contribution in [0, 0.1) is 10.8 Å². The van der Waals surface area contributed by atoms with Crippen LogP contribution in [0.3, 0.4) is 0 Å². The summed E-state index contributed by atoms with van der Waals surface area (Å²) in [5.74, 6) is -0.277. The van der Waals surface area contributed by atoms with Crippen LogP contribution in [0.25, 0.3) is 0 Å². The molecule has 122 valence electrons. The van der Waals surface area contributed by atoms with Gasteiger partial charge in [-0.2, -0.15) is 0 Å². The Kier molecular flexibility index (Phi) is 2.76. The summed E-state index contributed by atoms with van der Waals surface area (Å²) in [6.45, 7) is 8.42. The summed E-state index contributed by atoms with van der Waals surface area (Å²) in [5, 5.41) is 10.4. The van der Waals surface area contributed by atoms with Crippen molar-refractivity contribution in [3.05, 3.63) is 11.6 Å². The number of carbonyl (C=O) groups is 1. The number of hydrogen-bond donors (Lipinski definition) is 1. The zero-order valence-electron chi connectivity index (χ0n) is 13.6. The van der Waals surface area contributed by atoms with Gasteiger partial charge in [0.25, 0.3) is 0 Å². The van der Waals surface area contributed by atoms with E-state index in [4.69, 9.17) is 14.2 Å². The third-order valence-corrected chi connectivity index (χ3v) is 6.85. The Morgan fingerprint density at radius 2 is 2.09 bits per heavy atom. The van der Waals surface area contributed by atoms with Gasteiger partial charge < -0.3 is 19.3 Å². The summed E-state index contributed by atoms with van der Waals surface area (Å²) in [4.78, 5) is 11.5. The van der Waals surface area contributed by atoms with Crippen LogP contribution in [-0.2, 0) is 19.0 Å². The molecule has 4 rings (SSSR count). The van der Waals surface area contributed by atoms with Gasteiger partial charge in [-0.15, -0.1) is 0 Å². The van der Waals surface area contributed by atoms with Gasteiger partial charge in [0.2, 0.25) is 0 Å². The normalized spacial score (nSPS) is 55.6. The maximum Gasteiger partial charge on any atom is 0.302 e. The Morgan fingerprint density at radius 3 is 2.68 bits per heavy atom. The smallest absolute Gasteiger partial charge is 0.302 e. The highest BCUT2D eigenvalue weighted by molar-refractivity contribution is 5.66. The highest BCUT2D eigenvalue weighted by Crippen LogP contribution is 2.71. The number of hydrogen-bond acceptors (Lipinski definition) is 5. The van der Waals surface area contributed by atoms with Crippen LogP contribution < -0.4 is 0 Å². The zero-order valence-corrected chi connectivity index (χ0v) is 13.6. The first-order valence-corrected chi connectivity index (χ1v) is 8.06. The first kappa shape index (κ1) is 14.7. The molecule has 0 aromatic carbocycles. The summed E-state index contributed by atoms with van der Waals surface area (Å²) in [5.41, 5.74) is 0.193. The number of epoxide rings is 1. The van der Waals surface area contributed by atoms with Crippen molar-refractivity contribution in [2.45, 2.75) is 70.6 Å². The number of fused-ring (bicyclic) bond motifs is 2. The van der Waals surface area contributed by atoms with Gasteiger partial charge in [0, 0.05) is 17.8 Å². The van der Waals surface area contributed by atoms with Gasteiger partial charge in [-0.25, -0.2) is 0 Å². The lowest BCUT2D eigenvalue weighted by Gasteiger charge is -2.57. The van der Waals surface area contributed by atoms with Crippen molar-refractivity contribution in [3.63, 3.8) is 0 Å². The fourth-order valence-corrected chi connectivity index (χ4v) is 5.19. The molecule has 0 amide bonds. The second-order valence-electron chi connectivity index (χ2n) is 7.89. The third kappa shape index (κ3) is 1.52. The number of ether oxygens (including phenoxy) is 3. The van der Waals surface area contributed by atoms with Crippen LogP contribution in [0.1, 0.15) is 40.5 Å². The van der Waals surface area contributed by atoms with Gasteiger partial charge in [0.05, 0.1) is 18.8 Å². The van der Waals surface area contributed by atoms with E-state index < -0.39 is 6.10 Å². The molecule has 1 spiro atoms. The Balaban J connectivity index is 1.78. The molecule has 7 atom stereocenters. The van der Waals surface area contributed by atoms with E-state index in [1.165, 1.54) is 6.92 Å². The molecule has 4 aliphatic rings. The number of aliphatic hydroxyl groups is 1. The predicted molar refractivity (Wildman–Crippen MR) is 78.1 cm³/mol. The van der Waals surface area contributed by atoms with E-state index in [-0.39, 0.29) is 40.7 Å². The predicted octanol–water partition coefficient (Wildman–Crippen LogP) is 1.58. The minimum Gasteiger partial charge on any atom is -0.460 e. The fourth-order valence-electron chi connectivity index (χ4n) is 5.19. The fraction of sp³-hybridized carbons (Fsp3) is 0.824. The molecular weight excluding hydrogens is 284 g/mol. The van der Waals surface area contributed by atoms with Crippen LogP contribution in [0.5, 0.6) is 0 Å². The van der Waals surface area contributed by atoms with Crippen molar-refractivity contribution >= 4 is 5.97 Å². The van der Waals surface area contributed by atoms with E-state index in [0.717, 1.165) is 12.0 Å². The van der Waals surface area contributed by atoms with E-state index in [1.54, 1.807) is 0 Å². The zero-order chi connectivity index (χ0) is 15.9. The van der Waals surface area contributed by atoms with Gasteiger partial charge in [0.1, 0.15) is 17.8 Å². The average Bonchev–Trinajstić information content (AvgIpc) is 3.16. The van der Waals surface area contributed by atoms with Crippen LogP contribution in [0.15, 0.2) is 11.6 Å². The molecular formula is C17H24O5. The molecule has 0 radical (unpaired) electrons. The van der Waals surface area contributed by atoms with Gasteiger partial charge in [-0.05, 0) is 25.3 Å². The van der Waals surface area contributed by atoms with Crippen molar-refractivity contribution in [1.29, 1.82) is 0 Å². The average molecular weight is 308 g/mol. The van der Waals surface area contributed by atoms with Crippen molar-refractivity contribution < 1.29 is 24.1 Å². The first-order valence-electron chi connectivity index (χ1n) is 8.06. The summed E-state index contributed by atoms with van der Waals surface area (Å²) in [6.07, 6.45) is 2.44. The molecule has 2 saturated heterocycles. The van der Waals surface area contributed by atoms with E-state index in [1.807, 2.05) is 13.0 Å². The number of aliphatic hydroxyl groups excluding tert-OH is 1. The third-order valence-electron chi connectivity index (χ3n) is 6.85. The van der Waals surface area contributed by atoms with E-state index in [2.05, 4.69) is 13.8 Å². The second-order valence-corrected chi connectivity index (χ2v) is 7.89. The monoisotopic (exact) mass is 308 g/mol. The van der Waals surface area contributed by atoms with Gasteiger partial charge in [-0.3, -0.25) is 4.79 Å². The molecule has 0 aromatic heterocycles. The molecule has 2 aliphatic carbocycles. The summed E-state index contributed by atoms with van der Waals surface area (Å²) >= 11 is 0. The molecule has 3 fully saturated rings. The van der Waals surface area contributed by atoms with Crippen molar-refractivity contribution in [1.82, 2.24) is 0 Å². The van der Waals surface area contributed by atoms with Crippen molar-refractivity contribution in [2.75, 3.05) is 6.61 Å². The molecule has 5 heteroatoms. The molecule has 0 aromatic rings. The lowest BCUT2D eigenvalue weighted by Crippen LogP contribution is -2.62. The number of esters is 1. The lowest BCUT2D eigenvalue weighted by molar-refractivity contribution is -0.207. The van der Waals surface area contributed by atoms with Gasteiger partial charge >= 0.3 is 5.97 Å². The molecule has 2 heterocycles. The topological polar surface area (TPSA) is 68.3 Å². The Labute approximate surface area is 130 Å². The lowest BCUT2D eigenvalue weighted by atomic mass is 9.52. The van der Waals surface area contributed by atoms with Crippen molar-refractivity contribution in [2.24, 2.45) is 10.8 Å². The second kappa shape index (κ2) is 4.13. The van der Waals surface area contributed by atoms with E-state index >= 15 is 0 Å². The van der Waals surface area contributed by atoms with Crippen LogP contribution in [0.4, 0.5) is 0 Å². The summed E-state index contributed by atoms with van der Waals surface area (Å²) in [6, 6.07) is 0. The molecule has 1 N–H and O–H groups in total.